The molecule has 1 N–H and O–H groups in total. The summed E-state index contributed by atoms with van der Waals surface area (Å²) in [6.45, 7) is 3.81. The molecule has 0 spiro atoms. The largest absolute Gasteiger partial charge is 0.361 e. The summed E-state index contributed by atoms with van der Waals surface area (Å²) in [6.07, 6.45) is 0. The fraction of sp³-hybridized carbons (Fsp3) is 0.333. The highest BCUT2D eigenvalue weighted by Crippen LogP contribution is 2.29. The van der Waals surface area contributed by atoms with Gasteiger partial charge in [0.15, 0.2) is 5.69 Å². The van der Waals surface area contributed by atoms with E-state index in [0.29, 0.717) is 29.6 Å². The van der Waals surface area contributed by atoms with E-state index in [1.807, 2.05) is 24.3 Å². The summed E-state index contributed by atoms with van der Waals surface area (Å²) in [7, 11) is 0. The van der Waals surface area contributed by atoms with Crippen LogP contribution in [0.4, 0.5) is 0 Å². The van der Waals surface area contributed by atoms with Gasteiger partial charge in [0.2, 0.25) is 0 Å². The van der Waals surface area contributed by atoms with E-state index in [0.717, 1.165) is 12.1 Å². The lowest BCUT2D eigenvalue weighted by Crippen LogP contribution is -2.48. The summed E-state index contributed by atoms with van der Waals surface area (Å²) < 4.78 is 5.00. The van der Waals surface area contributed by atoms with Gasteiger partial charge in [-0.3, -0.25) is 4.79 Å². The first kappa shape index (κ1) is 14.1. The molecule has 2 heterocycles. The van der Waals surface area contributed by atoms with Gasteiger partial charge in [-0.05, 0) is 18.6 Å². The van der Waals surface area contributed by atoms with Gasteiger partial charge >= 0.3 is 0 Å². The van der Waals surface area contributed by atoms with Crippen molar-refractivity contribution in [2.45, 2.75) is 13.0 Å². The maximum Gasteiger partial charge on any atom is 0.276 e. The summed E-state index contributed by atoms with van der Waals surface area (Å²) in [5.74, 6) is 0.501. The molecule has 0 radical (unpaired) electrons. The molecule has 1 unspecified atom stereocenters. The van der Waals surface area contributed by atoms with Crippen LogP contribution in [0.25, 0.3) is 0 Å². The van der Waals surface area contributed by atoms with Crippen LogP contribution in [0.2, 0.25) is 5.02 Å². The zero-order valence-corrected chi connectivity index (χ0v) is 12.4. The van der Waals surface area contributed by atoms with Crippen molar-refractivity contribution in [3.63, 3.8) is 0 Å². The number of hydrogen-bond acceptors (Lipinski definition) is 4. The Kier molecular flexibility index (Phi) is 3.94. The van der Waals surface area contributed by atoms with Crippen LogP contribution in [-0.4, -0.2) is 35.6 Å². The van der Waals surface area contributed by atoms with E-state index in [1.165, 1.54) is 0 Å². The van der Waals surface area contributed by atoms with Crippen LogP contribution >= 0.6 is 11.6 Å². The van der Waals surface area contributed by atoms with Gasteiger partial charge in [0.05, 0.1) is 6.04 Å². The monoisotopic (exact) mass is 305 g/mol. The molecule has 2 aromatic rings. The van der Waals surface area contributed by atoms with Gasteiger partial charge in [-0.25, -0.2) is 0 Å². The molecule has 1 aliphatic heterocycles. The van der Waals surface area contributed by atoms with E-state index >= 15 is 0 Å². The smallest absolute Gasteiger partial charge is 0.276 e. The van der Waals surface area contributed by atoms with Gasteiger partial charge in [0.25, 0.3) is 5.91 Å². The number of nitrogens with zero attached hydrogens (tertiary/aromatic N) is 2. The first-order valence-corrected chi connectivity index (χ1v) is 7.24. The average molecular weight is 306 g/mol. The van der Waals surface area contributed by atoms with Crippen LogP contribution in [0.15, 0.2) is 34.9 Å². The maximum absolute atomic E-state index is 12.6. The van der Waals surface area contributed by atoms with Crippen molar-refractivity contribution in [1.29, 1.82) is 0 Å². The molecule has 3 rings (SSSR count). The zero-order chi connectivity index (χ0) is 14.8. The third-order valence-electron chi connectivity index (χ3n) is 3.62. The number of rotatable bonds is 2. The fourth-order valence-electron chi connectivity index (χ4n) is 2.58. The van der Waals surface area contributed by atoms with E-state index in [9.17, 15) is 4.79 Å². The molecule has 1 fully saturated rings. The Bertz CT molecular complexity index is 656. The normalized spacial score (nSPS) is 18.8. The summed E-state index contributed by atoms with van der Waals surface area (Å²) >= 11 is 6.28. The molecule has 1 amide bonds. The van der Waals surface area contributed by atoms with Crippen molar-refractivity contribution in [2.75, 3.05) is 19.6 Å². The third-order valence-corrected chi connectivity index (χ3v) is 3.96. The Labute approximate surface area is 127 Å². The molecule has 1 atom stereocenters. The molecule has 110 valence electrons. The Morgan fingerprint density at radius 3 is 3.00 bits per heavy atom. The second kappa shape index (κ2) is 5.87. The molecule has 1 aliphatic rings. The number of nitrogens with one attached hydrogen (secondary N) is 1. The number of amides is 1. The van der Waals surface area contributed by atoms with Crippen molar-refractivity contribution < 1.29 is 9.32 Å². The van der Waals surface area contributed by atoms with Crippen molar-refractivity contribution in [3.05, 3.63) is 52.4 Å². The minimum Gasteiger partial charge on any atom is -0.361 e. The Hall–Kier alpha value is -1.85. The number of benzene rings is 1. The number of piperazine rings is 1. The predicted molar refractivity (Wildman–Crippen MR) is 79.3 cm³/mol. The highest BCUT2D eigenvalue weighted by atomic mass is 35.5. The molecule has 1 aromatic heterocycles. The number of halogens is 1. The molecular formula is C15H16ClN3O2. The van der Waals surface area contributed by atoms with Crippen molar-refractivity contribution in [1.82, 2.24) is 15.4 Å². The SMILES string of the molecule is Cc1cc(C(=O)N2CCNCC2c2ccccc2Cl)no1. The quantitative estimate of drug-likeness (QED) is 0.926. The highest BCUT2D eigenvalue weighted by Gasteiger charge is 2.31. The molecule has 1 saturated heterocycles. The molecular weight excluding hydrogens is 290 g/mol. The van der Waals surface area contributed by atoms with E-state index in [1.54, 1.807) is 17.9 Å². The molecule has 0 aliphatic carbocycles. The summed E-state index contributed by atoms with van der Waals surface area (Å²) in [5.41, 5.74) is 1.28. The summed E-state index contributed by atoms with van der Waals surface area (Å²) in [5, 5.41) is 7.79. The lowest BCUT2D eigenvalue weighted by molar-refractivity contribution is 0.0624. The van der Waals surface area contributed by atoms with Crippen LogP contribution in [0, 0.1) is 6.92 Å². The Balaban J connectivity index is 1.92. The number of carbonyl (C=O) groups excluding carboxylic acids is 1. The van der Waals surface area contributed by atoms with Gasteiger partial charge in [-0.2, -0.15) is 0 Å². The molecule has 0 bridgehead atoms. The van der Waals surface area contributed by atoms with Gasteiger partial charge in [0.1, 0.15) is 5.76 Å². The van der Waals surface area contributed by atoms with Crippen LogP contribution < -0.4 is 5.32 Å². The first-order chi connectivity index (χ1) is 10.2. The van der Waals surface area contributed by atoms with Crippen LogP contribution in [0.3, 0.4) is 0 Å². The van der Waals surface area contributed by atoms with Gasteiger partial charge in [-0.15, -0.1) is 0 Å². The molecule has 21 heavy (non-hydrogen) atoms. The minimum atomic E-state index is -0.127. The molecule has 1 aromatic carbocycles. The van der Waals surface area contributed by atoms with E-state index in [-0.39, 0.29) is 11.9 Å². The van der Waals surface area contributed by atoms with Gasteiger partial charge < -0.3 is 14.7 Å². The summed E-state index contributed by atoms with van der Waals surface area (Å²) in [4.78, 5) is 14.4. The summed E-state index contributed by atoms with van der Waals surface area (Å²) in [6, 6.07) is 9.17. The van der Waals surface area contributed by atoms with E-state index < -0.39 is 0 Å². The minimum absolute atomic E-state index is 0.100. The maximum atomic E-state index is 12.6. The zero-order valence-electron chi connectivity index (χ0n) is 11.7. The first-order valence-electron chi connectivity index (χ1n) is 6.86. The van der Waals surface area contributed by atoms with Gasteiger partial charge in [0, 0.05) is 30.7 Å². The highest BCUT2D eigenvalue weighted by molar-refractivity contribution is 6.31. The second-order valence-electron chi connectivity index (χ2n) is 5.06. The van der Waals surface area contributed by atoms with Gasteiger partial charge in [-0.1, -0.05) is 35.0 Å². The van der Waals surface area contributed by atoms with Crippen LogP contribution in [0.1, 0.15) is 27.9 Å². The van der Waals surface area contributed by atoms with E-state index in [2.05, 4.69) is 10.5 Å². The third kappa shape index (κ3) is 2.80. The Morgan fingerprint density at radius 2 is 2.29 bits per heavy atom. The molecule has 0 saturated carbocycles. The lowest BCUT2D eigenvalue weighted by Gasteiger charge is -2.36. The predicted octanol–water partition coefficient (Wildman–Crippen LogP) is 2.42. The van der Waals surface area contributed by atoms with Crippen molar-refractivity contribution in [3.8, 4) is 0 Å². The number of hydrogen-bond donors (Lipinski definition) is 1. The molecule has 6 heteroatoms. The Morgan fingerprint density at radius 1 is 1.48 bits per heavy atom. The molecule has 5 nitrogen and oxygen atoms in total. The van der Waals surface area contributed by atoms with Crippen molar-refractivity contribution in [2.24, 2.45) is 0 Å². The standard InChI is InChI=1S/C15H16ClN3O2/c1-10-8-13(18-21-10)15(20)19-7-6-17-9-14(19)11-4-2-3-5-12(11)16/h2-5,8,14,17H,6-7,9H2,1H3. The second-order valence-corrected chi connectivity index (χ2v) is 5.47. The average Bonchev–Trinajstić information content (AvgIpc) is 2.94. The fourth-order valence-corrected chi connectivity index (χ4v) is 2.85. The van der Waals surface area contributed by atoms with Crippen molar-refractivity contribution >= 4 is 17.5 Å². The number of aromatic nitrogens is 1. The lowest BCUT2D eigenvalue weighted by atomic mass is 10.0. The van der Waals surface area contributed by atoms with Crippen LogP contribution in [0.5, 0.6) is 0 Å². The topological polar surface area (TPSA) is 58.4 Å². The van der Waals surface area contributed by atoms with Crippen LogP contribution in [-0.2, 0) is 0 Å². The van der Waals surface area contributed by atoms with E-state index in [4.69, 9.17) is 16.1 Å². The number of carbonyl (C=O) groups is 1. The number of aryl methyl sites for hydroxylation is 1.